The van der Waals surface area contributed by atoms with Crippen molar-refractivity contribution in [1.29, 1.82) is 0 Å². The number of halogens is 1. The number of piperazine rings is 1. The molecule has 4 aromatic rings. The van der Waals surface area contributed by atoms with Crippen LogP contribution in [-0.4, -0.2) is 54.8 Å². The van der Waals surface area contributed by atoms with Crippen molar-refractivity contribution < 1.29 is 0 Å². The Morgan fingerprint density at radius 1 is 1.14 bits per heavy atom. The van der Waals surface area contributed by atoms with Crippen molar-refractivity contribution in [3.05, 3.63) is 80.2 Å². The Morgan fingerprint density at radius 2 is 1.91 bits per heavy atom. The molecule has 1 fully saturated rings. The number of aromatic nitrogens is 5. The van der Waals surface area contributed by atoms with Gasteiger partial charge in [-0.3, -0.25) is 9.69 Å². The topological polar surface area (TPSA) is 91.7 Å². The summed E-state index contributed by atoms with van der Waals surface area (Å²) >= 11 is 6.58. The molecule has 1 saturated heterocycles. The summed E-state index contributed by atoms with van der Waals surface area (Å²) in [5.74, 6) is 1.35. The van der Waals surface area contributed by atoms with Gasteiger partial charge in [0.15, 0.2) is 5.82 Å². The summed E-state index contributed by atoms with van der Waals surface area (Å²) < 4.78 is 1.77. The third-order valence-corrected chi connectivity index (χ3v) is 6.86. The van der Waals surface area contributed by atoms with Gasteiger partial charge < -0.3 is 10.3 Å². The second-order valence-electron chi connectivity index (χ2n) is 9.68. The minimum atomic E-state index is -0.185. The molecule has 0 bridgehead atoms. The number of H-pyrrole nitrogens is 1. The summed E-state index contributed by atoms with van der Waals surface area (Å²) in [5.41, 5.74) is 4.51. The number of aryl methyl sites for hydroxylation is 2. The molecule has 0 amide bonds. The summed E-state index contributed by atoms with van der Waals surface area (Å²) in [5, 5.41) is 9.13. The van der Waals surface area contributed by atoms with Crippen molar-refractivity contribution >= 4 is 22.5 Å². The molecule has 1 aliphatic heterocycles. The van der Waals surface area contributed by atoms with Crippen LogP contribution < -0.4 is 10.9 Å². The highest BCUT2D eigenvalue weighted by atomic mass is 35.5. The minimum absolute atomic E-state index is 0.185. The molecule has 35 heavy (non-hydrogen) atoms. The quantitative estimate of drug-likeness (QED) is 0.443. The van der Waals surface area contributed by atoms with Crippen molar-refractivity contribution in [2.75, 3.05) is 13.1 Å². The Balaban J connectivity index is 1.39. The van der Waals surface area contributed by atoms with Crippen LogP contribution in [0.2, 0.25) is 5.02 Å². The summed E-state index contributed by atoms with van der Waals surface area (Å²) in [4.78, 5) is 27.4. The first kappa shape index (κ1) is 23.7. The molecule has 3 aromatic heterocycles. The van der Waals surface area contributed by atoms with Crippen LogP contribution in [-0.2, 0) is 13.0 Å². The van der Waals surface area contributed by atoms with E-state index in [9.17, 15) is 4.79 Å². The van der Waals surface area contributed by atoms with Gasteiger partial charge in [-0.05, 0) is 62.6 Å². The standard InChI is InChI=1S/C26H30ClN7O/c1-15-11-34(32-18(15)4)25-6-5-19(10-28-25)7-24-30-23-8-20(22(27)9-21(23)26(35)31-24)14-33-12-16(2)29-17(3)13-33/h5-6,8-11,16-17,29H,7,12-14H2,1-4H3,(H,30,31,35)/t16-,17+. The fourth-order valence-corrected chi connectivity index (χ4v) is 5.00. The number of fused-ring (bicyclic) bond motifs is 1. The lowest BCUT2D eigenvalue weighted by Gasteiger charge is -2.36. The number of benzene rings is 1. The third-order valence-electron chi connectivity index (χ3n) is 6.51. The van der Waals surface area contributed by atoms with E-state index in [1.54, 1.807) is 16.9 Å². The number of rotatable bonds is 5. The number of aromatic amines is 1. The van der Waals surface area contributed by atoms with Crippen molar-refractivity contribution in [3.8, 4) is 5.82 Å². The van der Waals surface area contributed by atoms with Crippen LogP contribution in [0, 0.1) is 13.8 Å². The molecular weight excluding hydrogens is 462 g/mol. The Bertz CT molecular complexity index is 1400. The van der Waals surface area contributed by atoms with Crippen LogP contribution in [0.25, 0.3) is 16.7 Å². The zero-order chi connectivity index (χ0) is 24.7. The highest BCUT2D eigenvalue weighted by Crippen LogP contribution is 2.24. The Labute approximate surface area is 209 Å². The van der Waals surface area contributed by atoms with E-state index in [0.29, 0.717) is 40.3 Å². The van der Waals surface area contributed by atoms with Crippen LogP contribution in [0.3, 0.4) is 0 Å². The molecule has 0 aliphatic carbocycles. The number of nitrogens with one attached hydrogen (secondary N) is 2. The second kappa shape index (κ2) is 9.53. The lowest BCUT2D eigenvalue weighted by atomic mass is 10.1. The van der Waals surface area contributed by atoms with Gasteiger partial charge in [0.05, 0.1) is 16.6 Å². The van der Waals surface area contributed by atoms with Crippen molar-refractivity contribution in [1.82, 2.24) is 34.9 Å². The summed E-state index contributed by atoms with van der Waals surface area (Å²) in [6.45, 7) is 11.0. The van der Waals surface area contributed by atoms with Crippen LogP contribution in [0.15, 0.2) is 41.5 Å². The van der Waals surface area contributed by atoms with E-state index in [1.165, 1.54) is 0 Å². The lowest BCUT2D eigenvalue weighted by Crippen LogP contribution is -2.53. The predicted octanol–water partition coefficient (Wildman–Crippen LogP) is 3.55. The maximum atomic E-state index is 12.8. The first-order valence-corrected chi connectivity index (χ1v) is 12.3. The highest BCUT2D eigenvalue weighted by Gasteiger charge is 2.22. The Hall–Kier alpha value is -3.07. The number of hydrogen-bond donors (Lipinski definition) is 2. The molecule has 182 valence electrons. The van der Waals surface area contributed by atoms with Crippen LogP contribution in [0.5, 0.6) is 0 Å². The predicted molar refractivity (Wildman–Crippen MR) is 138 cm³/mol. The molecule has 0 radical (unpaired) electrons. The van der Waals surface area contributed by atoms with Crippen molar-refractivity contribution in [2.45, 2.75) is 52.7 Å². The SMILES string of the molecule is Cc1cn(-c2ccc(Cc3nc4cc(CN5C[C@@H](C)N[C@@H](C)C5)c(Cl)cc4c(=O)[nH]3)cn2)nc1C. The second-order valence-corrected chi connectivity index (χ2v) is 10.1. The maximum Gasteiger partial charge on any atom is 0.258 e. The number of hydrogen-bond acceptors (Lipinski definition) is 6. The summed E-state index contributed by atoms with van der Waals surface area (Å²) in [6, 6.07) is 8.45. The van der Waals surface area contributed by atoms with Gasteiger partial charge in [-0.2, -0.15) is 5.10 Å². The first-order chi connectivity index (χ1) is 16.7. The normalized spacial score (nSPS) is 18.9. The van der Waals surface area contributed by atoms with Gasteiger partial charge in [-0.15, -0.1) is 0 Å². The van der Waals surface area contributed by atoms with Gasteiger partial charge >= 0.3 is 0 Å². The largest absolute Gasteiger partial charge is 0.310 e. The minimum Gasteiger partial charge on any atom is -0.310 e. The van der Waals surface area contributed by atoms with Crippen LogP contribution in [0.1, 0.15) is 42.1 Å². The molecule has 4 heterocycles. The van der Waals surface area contributed by atoms with Crippen molar-refractivity contribution in [2.24, 2.45) is 0 Å². The Kier molecular flexibility index (Phi) is 6.44. The van der Waals surface area contributed by atoms with Crippen LogP contribution >= 0.6 is 11.6 Å². The zero-order valence-electron chi connectivity index (χ0n) is 20.5. The summed E-state index contributed by atoms with van der Waals surface area (Å²) in [6.07, 6.45) is 4.23. The van der Waals surface area contributed by atoms with Gasteiger partial charge in [0.25, 0.3) is 5.56 Å². The Morgan fingerprint density at radius 3 is 2.57 bits per heavy atom. The molecule has 1 aliphatic rings. The number of pyridine rings is 1. The maximum absolute atomic E-state index is 12.8. The fourth-order valence-electron chi connectivity index (χ4n) is 4.78. The van der Waals surface area contributed by atoms with Gasteiger partial charge in [0.1, 0.15) is 5.82 Å². The number of nitrogens with zero attached hydrogens (tertiary/aromatic N) is 5. The zero-order valence-corrected chi connectivity index (χ0v) is 21.2. The smallest absolute Gasteiger partial charge is 0.258 e. The van der Waals surface area contributed by atoms with E-state index in [4.69, 9.17) is 16.6 Å². The van der Waals surface area contributed by atoms with E-state index in [0.717, 1.165) is 47.8 Å². The van der Waals surface area contributed by atoms with Gasteiger partial charge in [0.2, 0.25) is 0 Å². The molecule has 1 aromatic carbocycles. The average Bonchev–Trinajstić information content (AvgIpc) is 3.13. The van der Waals surface area contributed by atoms with E-state index in [2.05, 4.69) is 39.1 Å². The van der Waals surface area contributed by atoms with Crippen LogP contribution in [0.4, 0.5) is 0 Å². The molecule has 0 saturated carbocycles. The molecule has 2 N–H and O–H groups in total. The fraction of sp³-hybridized carbons (Fsp3) is 0.385. The van der Waals surface area contributed by atoms with Gasteiger partial charge in [-0.25, -0.2) is 14.6 Å². The molecule has 5 rings (SSSR count). The monoisotopic (exact) mass is 491 g/mol. The van der Waals surface area contributed by atoms with Gasteiger partial charge in [-0.1, -0.05) is 17.7 Å². The van der Waals surface area contributed by atoms with E-state index >= 15 is 0 Å². The van der Waals surface area contributed by atoms with E-state index in [-0.39, 0.29) is 5.56 Å². The van der Waals surface area contributed by atoms with Crippen molar-refractivity contribution in [3.63, 3.8) is 0 Å². The lowest BCUT2D eigenvalue weighted by molar-refractivity contribution is 0.166. The first-order valence-electron chi connectivity index (χ1n) is 11.9. The van der Waals surface area contributed by atoms with Gasteiger partial charge in [0, 0.05) is 55.6 Å². The molecular formula is C26H30ClN7O. The molecule has 0 spiro atoms. The van der Waals surface area contributed by atoms with E-state index in [1.807, 2.05) is 38.2 Å². The van der Waals surface area contributed by atoms with E-state index < -0.39 is 0 Å². The molecule has 9 heteroatoms. The third kappa shape index (κ3) is 5.15. The molecule has 0 unspecified atom stereocenters. The molecule has 8 nitrogen and oxygen atoms in total. The average molecular weight is 492 g/mol. The molecule has 2 atom stereocenters. The highest BCUT2D eigenvalue weighted by molar-refractivity contribution is 6.32. The summed E-state index contributed by atoms with van der Waals surface area (Å²) in [7, 11) is 0.